The van der Waals surface area contributed by atoms with E-state index in [2.05, 4.69) is 9.98 Å². The van der Waals surface area contributed by atoms with Crippen molar-refractivity contribution < 1.29 is 17.9 Å². The van der Waals surface area contributed by atoms with E-state index in [1.807, 2.05) is 16.7 Å². The molecule has 0 unspecified atom stereocenters. The zero-order chi connectivity index (χ0) is 16.0. The maximum atomic E-state index is 12.8. The molecule has 0 aliphatic carbocycles. The van der Waals surface area contributed by atoms with Crippen LogP contribution in [0, 0.1) is 0 Å². The number of aromatic nitrogens is 1. The number of rotatable bonds is 4. The lowest BCUT2D eigenvalue weighted by Gasteiger charge is -2.27. The summed E-state index contributed by atoms with van der Waals surface area (Å²) in [7, 11) is 0. The van der Waals surface area contributed by atoms with Crippen LogP contribution in [0.3, 0.4) is 0 Å². The van der Waals surface area contributed by atoms with Gasteiger partial charge in [0.25, 0.3) is 0 Å². The van der Waals surface area contributed by atoms with Gasteiger partial charge < -0.3 is 15.4 Å². The van der Waals surface area contributed by atoms with Crippen molar-refractivity contribution in [2.45, 2.75) is 6.18 Å². The van der Waals surface area contributed by atoms with Crippen LogP contribution in [-0.4, -0.2) is 53.6 Å². The Kier molecular flexibility index (Phi) is 8.23. The van der Waals surface area contributed by atoms with E-state index in [-0.39, 0.29) is 37.1 Å². The highest BCUT2D eigenvalue weighted by Gasteiger charge is 2.34. The van der Waals surface area contributed by atoms with E-state index in [1.165, 1.54) is 12.3 Å². The molecule has 1 fully saturated rings. The summed E-state index contributed by atoms with van der Waals surface area (Å²) in [5.41, 5.74) is 4.95. The maximum absolute atomic E-state index is 12.8. The van der Waals surface area contributed by atoms with Gasteiger partial charge in [-0.1, -0.05) is 0 Å². The average Bonchev–Trinajstić information content (AvgIpc) is 2.51. The number of ether oxygens (including phenoxy) is 1. The average molecular weight is 462 g/mol. The van der Waals surface area contributed by atoms with Crippen LogP contribution >= 0.6 is 35.7 Å². The Hall–Kier alpha value is -0.910. The van der Waals surface area contributed by atoms with Gasteiger partial charge in [-0.15, -0.1) is 24.0 Å². The van der Waals surface area contributed by atoms with E-state index in [9.17, 15) is 13.2 Å². The molecule has 0 spiro atoms. The number of hydrogen-bond acceptors (Lipinski definition) is 4. The summed E-state index contributed by atoms with van der Waals surface area (Å²) in [6.45, 7) is 1.84. The van der Waals surface area contributed by atoms with Crippen molar-refractivity contribution in [2.24, 2.45) is 10.7 Å². The molecule has 0 aromatic carbocycles. The Morgan fingerprint density at radius 1 is 1.39 bits per heavy atom. The highest BCUT2D eigenvalue weighted by Crippen LogP contribution is 2.34. The first-order valence-corrected chi connectivity index (χ1v) is 7.91. The van der Waals surface area contributed by atoms with Gasteiger partial charge in [-0.25, -0.2) is 9.98 Å². The van der Waals surface area contributed by atoms with Gasteiger partial charge >= 0.3 is 6.18 Å². The molecule has 0 radical (unpaired) electrons. The highest BCUT2D eigenvalue weighted by molar-refractivity contribution is 14.0. The number of aliphatic imine (C=N–C) groups is 1. The molecule has 0 atom stereocenters. The lowest BCUT2D eigenvalue weighted by atomic mass is 10.2. The predicted octanol–water partition coefficient (Wildman–Crippen LogP) is 2.46. The van der Waals surface area contributed by atoms with E-state index in [0.717, 1.165) is 30.7 Å². The second kappa shape index (κ2) is 9.40. The second-order valence-corrected chi connectivity index (χ2v) is 5.77. The van der Waals surface area contributed by atoms with Crippen molar-refractivity contribution in [3.63, 3.8) is 0 Å². The zero-order valence-electron chi connectivity index (χ0n) is 12.3. The third-order valence-corrected chi connectivity index (χ3v) is 3.96. The number of hydrogen-bond donors (Lipinski definition) is 1. The number of pyridine rings is 1. The Morgan fingerprint density at radius 3 is 2.74 bits per heavy atom. The Labute approximate surface area is 153 Å². The van der Waals surface area contributed by atoms with Gasteiger partial charge in [0.2, 0.25) is 5.88 Å². The molecular formula is C13H18F3IN4OS. The van der Waals surface area contributed by atoms with Crippen molar-refractivity contribution in [3.05, 3.63) is 23.9 Å². The summed E-state index contributed by atoms with van der Waals surface area (Å²) >= 11 is 1.85. The van der Waals surface area contributed by atoms with Crippen LogP contribution in [-0.2, 0) is 6.18 Å². The predicted molar refractivity (Wildman–Crippen MR) is 95.5 cm³/mol. The Morgan fingerprint density at radius 2 is 2.09 bits per heavy atom. The van der Waals surface area contributed by atoms with Crippen LogP contribution in [0.4, 0.5) is 13.2 Å². The molecule has 1 aromatic heterocycles. The number of nitrogens with two attached hydrogens (primary N) is 1. The van der Waals surface area contributed by atoms with Crippen molar-refractivity contribution in [1.82, 2.24) is 9.88 Å². The summed E-state index contributed by atoms with van der Waals surface area (Å²) in [5, 5.41) is 0. The molecule has 0 saturated carbocycles. The molecule has 0 amide bonds. The van der Waals surface area contributed by atoms with Crippen molar-refractivity contribution in [1.29, 1.82) is 0 Å². The fourth-order valence-electron chi connectivity index (χ4n) is 1.92. The first-order chi connectivity index (χ1) is 10.5. The second-order valence-electron chi connectivity index (χ2n) is 4.54. The van der Waals surface area contributed by atoms with Crippen LogP contribution < -0.4 is 10.5 Å². The number of alkyl halides is 3. The van der Waals surface area contributed by atoms with Crippen LogP contribution in [0.2, 0.25) is 0 Å². The van der Waals surface area contributed by atoms with Crippen LogP contribution in [0.1, 0.15) is 5.56 Å². The summed E-state index contributed by atoms with van der Waals surface area (Å²) in [6, 6.07) is 2.16. The molecular weight excluding hydrogens is 444 g/mol. The fraction of sp³-hybridized carbons (Fsp3) is 0.538. The van der Waals surface area contributed by atoms with Gasteiger partial charge in [0.15, 0.2) is 5.96 Å². The molecule has 2 heterocycles. The maximum Gasteiger partial charge on any atom is 0.421 e. The summed E-state index contributed by atoms with van der Waals surface area (Å²) in [5.74, 6) is 1.96. The minimum absolute atomic E-state index is 0. The quantitative estimate of drug-likeness (QED) is 0.323. The normalized spacial score (nSPS) is 16.0. The van der Waals surface area contributed by atoms with Crippen LogP contribution in [0.5, 0.6) is 5.88 Å². The Balaban J connectivity index is 0.00000264. The van der Waals surface area contributed by atoms with E-state index in [0.29, 0.717) is 5.96 Å². The van der Waals surface area contributed by atoms with Gasteiger partial charge in [-0.2, -0.15) is 24.9 Å². The molecule has 1 saturated heterocycles. The smallest absolute Gasteiger partial charge is 0.421 e. The van der Waals surface area contributed by atoms with Crippen molar-refractivity contribution in [2.75, 3.05) is 37.7 Å². The topological polar surface area (TPSA) is 63.7 Å². The molecule has 130 valence electrons. The lowest BCUT2D eigenvalue weighted by Crippen LogP contribution is -2.42. The minimum Gasteiger partial charge on any atom is -0.475 e. The number of halogens is 4. The summed E-state index contributed by atoms with van der Waals surface area (Å²) in [4.78, 5) is 9.71. The van der Waals surface area contributed by atoms with E-state index >= 15 is 0 Å². The number of thioether (sulfide) groups is 1. The highest BCUT2D eigenvalue weighted by atomic mass is 127. The first kappa shape index (κ1) is 20.1. The van der Waals surface area contributed by atoms with Gasteiger partial charge in [0.05, 0.1) is 6.54 Å². The summed E-state index contributed by atoms with van der Waals surface area (Å²) < 4.78 is 43.3. The zero-order valence-corrected chi connectivity index (χ0v) is 15.4. The van der Waals surface area contributed by atoms with Gasteiger partial charge in [-0.05, 0) is 12.1 Å². The molecule has 10 heteroatoms. The first-order valence-electron chi connectivity index (χ1n) is 6.76. The molecule has 2 N–H and O–H groups in total. The minimum atomic E-state index is -4.49. The van der Waals surface area contributed by atoms with Gasteiger partial charge in [0.1, 0.15) is 12.2 Å². The molecule has 1 aliphatic heterocycles. The molecule has 0 bridgehead atoms. The van der Waals surface area contributed by atoms with E-state index in [1.54, 1.807) is 0 Å². The van der Waals surface area contributed by atoms with Crippen LogP contribution in [0.15, 0.2) is 23.3 Å². The fourth-order valence-corrected chi connectivity index (χ4v) is 2.82. The standard InChI is InChI=1S/C13H17F3N4OS.HI/c14-13(15,16)10-2-1-3-18-11(10)21-7-4-19-12(17)20-5-8-22-9-6-20;/h1-3H,4-9H2,(H2,17,19);1H. The van der Waals surface area contributed by atoms with Crippen molar-refractivity contribution >= 4 is 41.7 Å². The summed E-state index contributed by atoms with van der Waals surface area (Å²) in [6.07, 6.45) is -3.23. The molecule has 5 nitrogen and oxygen atoms in total. The van der Waals surface area contributed by atoms with E-state index < -0.39 is 17.6 Å². The van der Waals surface area contributed by atoms with Gasteiger partial charge in [0, 0.05) is 30.8 Å². The largest absolute Gasteiger partial charge is 0.475 e. The molecule has 1 aliphatic rings. The van der Waals surface area contributed by atoms with E-state index in [4.69, 9.17) is 10.5 Å². The number of nitrogens with zero attached hydrogens (tertiary/aromatic N) is 3. The molecule has 23 heavy (non-hydrogen) atoms. The SMILES string of the molecule is I.NC(=NCCOc1ncccc1C(F)(F)F)N1CCSCC1. The van der Waals surface area contributed by atoms with Gasteiger partial charge in [-0.3, -0.25) is 0 Å². The molecule has 2 rings (SSSR count). The lowest BCUT2D eigenvalue weighted by molar-refractivity contribution is -0.139. The Bertz CT molecular complexity index is 524. The third kappa shape index (κ3) is 6.24. The number of guanidine groups is 1. The van der Waals surface area contributed by atoms with Crippen molar-refractivity contribution in [3.8, 4) is 5.88 Å². The monoisotopic (exact) mass is 462 g/mol. The molecule has 1 aromatic rings. The van der Waals surface area contributed by atoms with Crippen LogP contribution in [0.25, 0.3) is 0 Å². The third-order valence-electron chi connectivity index (χ3n) is 3.02.